The summed E-state index contributed by atoms with van der Waals surface area (Å²) in [6.45, 7) is 0. The third-order valence-corrected chi connectivity index (χ3v) is 3.54. The maximum absolute atomic E-state index is 5.51. The first-order valence-electron chi connectivity index (χ1n) is 3.93. The Morgan fingerprint density at radius 3 is 2.86 bits per heavy atom. The topological polar surface area (TPSA) is 64.7 Å². The number of nitrogen functional groups attached to an aromatic ring is 1. The standard InChI is InChI=1S/C8H8N4S2/c9-8-12-4-7(14-8)13-5-6-3-10-1-2-11-6/h1-4H,5H2,(H2,9,12). The number of anilines is 1. The monoisotopic (exact) mass is 224 g/mol. The first-order valence-corrected chi connectivity index (χ1v) is 5.74. The highest BCUT2D eigenvalue weighted by Gasteiger charge is 2.00. The van der Waals surface area contributed by atoms with Crippen molar-refractivity contribution in [2.24, 2.45) is 0 Å². The predicted octanol–water partition coefficient (Wildman–Crippen LogP) is 1.81. The van der Waals surface area contributed by atoms with Crippen LogP contribution in [0.2, 0.25) is 0 Å². The minimum atomic E-state index is 0.603. The van der Waals surface area contributed by atoms with Gasteiger partial charge in [-0.25, -0.2) is 4.98 Å². The Hall–Kier alpha value is -1.14. The van der Waals surface area contributed by atoms with Gasteiger partial charge in [0.05, 0.1) is 16.1 Å². The molecule has 2 heterocycles. The van der Waals surface area contributed by atoms with Crippen LogP contribution in [0.4, 0.5) is 5.13 Å². The molecule has 0 atom stereocenters. The van der Waals surface area contributed by atoms with Crippen molar-refractivity contribution in [3.63, 3.8) is 0 Å². The van der Waals surface area contributed by atoms with Crippen LogP contribution in [0.5, 0.6) is 0 Å². The van der Waals surface area contributed by atoms with Crippen LogP contribution in [0, 0.1) is 0 Å². The summed E-state index contributed by atoms with van der Waals surface area (Å²) >= 11 is 3.16. The van der Waals surface area contributed by atoms with Crippen molar-refractivity contribution in [1.29, 1.82) is 0 Å². The molecule has 0 aliphatic heterocycles. The quantitative estimate of drug-likeness (QED) is 0.805. The SMILES string of the molecule is Nc1ncc(SCc2cnccn2)s1. The third-order valence-electron chi connectivity index (χ3n) is 1.48. The highest BCUT2D eigenvalue weighted by atomic mass is 32.2. The fraction of sp³-hybridized carbons (Fsp3) is 0.125. The van der Waals surface area contributed by atoms with Gasteiger partial charge in [-0.3, -0.25) is 9.97 Å². The molecule has 72 valence electrons. The van der Waals surface area contributed by atoms with Gasteiger partial charge in [-0.2, -0.15) is 0 Å². The van der Waals surface area contributed by atoms with Gasteiger partial charge in [0.2, 0.25) is 0 Å². The summed E-state index contributed by atoms with van der Waals surface area (Å²) in [4.78, 5) is 12.1. The molecule has 2 N–H and O–H groups in total. The van der Waals surface area contributed by atoms with Gasteiger partial charge in [0.1, 0.15) is 0 Å². The number of hydrogen-bond donors (Lipinski definition) is 1. The van der Waals surface area contributed by atoms with E-state index < -0.39 is 0 Å². The van der Waals surface area contributed by atoms with Crippen LogP contribution in [0.15, 0.2) is 29.0 Å². The predicted molar refractivity (Wildman–Crippen MR) is 58.1 cm³/mol. The third kappa shape index (κ3) is 2.43. The summed E-state index contributed by atoms with van der Waals surface area (Å²) in [5.41, 5.74) is 6.48. The van der Waals surface area contributed by atoms with Crippen LogP contribution >= 0.6 is 23.1 Å². The van der Waals surface area contributed by atoms with E-state index in [0.29, 0.717) is 5.13 Å². The van der Waals surface area contributed by atoms with E-state index in [2.05, 4.69) is 15.0 Å². The van der Waals surface area contributed by atoms with Gasteiger partial charge < -0.3 is 5.73 Å². The summed E-state index contributed by atoms with van der Waals surface area (Å²) in [6, 6.07) is 0. The molecule has 4 nitrogen and oxygen atoms in total. The average Bonchev–Trinajstić information content (AvgIpc) is 2.63. The number of nitrogens with two attached hydrogens (primary N) is 1. The molecule has 2 aromatic rings. The molecule has 0 radical (unpaired) electrons. The Labute approximate surface area is 89.6 Å². The second kappa shape index (κ2) is 4.39. The van der Waals surface area contributed by atoms with E-state index in [-0.39, 0.29) is 0 Å². The summed E-state index contributed by atoms with van der Waals surface area (Å²) in [5, 5.41) is 0.603. The van der Waals surface area contributed by atoms with E-state index in [4.69, 9.17) is 5.73 Å². The molecule has 0 aromatic carbocycles. The smallest absolute Gasteiger partial charge is 0.181 e. The van der Waals surface area contributed by atoms with E-state index in [9.17, 15) is 0 Å². The summed E-state index contributed by atoms with van der Waals surface area (Å²) in [7, 11) is 0. The molecule has 6 heteroatoms. The molecule has 0 aliphatic carbocycles. The van der Waals surface area contributed by atoms with Gasteiger partial charge in [-0.15, -0.1) is 11.8 Å². The fourth-order valence-electron chi connectivity index (χ4n) is 0.888. The zero-order valence-corrected chi connectivity index (χ0v) is 8.88. The molecule has 14 heavy (non-hydrogen) atoms. The number of nitrogens with zero attached hydrogens (tertiary/aromatic N) is 3. The number of thiazole rings is 1. The number of thioether (sulfide) groups is 1. The first-order chi connectivity index (χ1) is 6.84. The lowest BCUT2D eigenvalue weighted by Crippen LogP contribution is -1.85. The lowest BCUT2D eigenvalue weighted by molar-refractivity contribution is 1.10. The minimum Gasteiger partial charge on any atom is -0.375 e. The number of aromatic nitrogens is 3. The number of rotatable bonds is 3. The molecule has 0 aliphatic rings. The Bertz CT molecular complexity index is 401. The lowest BCUT2D eigenvalue weighted by Gasteiger charge is -1.95. The van der Waals surface area contributed by atoms with Crippen LogP contribution < -0.4 is 5.73 Å². The van der Waals surface area contributed by atoms with Crippen LogP contribution in [0.3, 0.4) is 0 Å². The Kier molecular flexibility index (Phi) is 2.95. The maximum Gasteiger partial charge on any atom is 0.181 e. The molecule has 2 rings (SSSR count). The van der Waals surface area contributed by atoms with Crippen molar-refractivity contribution in [3.05, 3.63) is 30.5 Å². The molecule has 0 fully saturated rings. The van der Waals surface area contributed by atoms with Crippen molar-refractivity contribution in [2.75, 3.05) is 5.73 Å². The zero-order valence-electron chi connectivity index (χ0n) is 7.25. The average molecular weight is 224 g/mol. The van der Waals surface area contributed by atoms with Gasteiger partial charge in [0, 0.05) is 24.3 Å². The van der Waals surface area contributed by atoms with Gasteiger partial charge in [-0.05, 0) is 0 Å². The summed E-state index contributed by atoms with van der Waals surface area (Å²) < 4.78 is 1.10. The van der Waals surface area contributed by atoms with Crippen LogP contribution in [-0.2, 0) is 5.75 Å². The highest BCUT2D eigenvalue weighted by molar-refractivity contribution is 8.00. The van der Waals surface area contributed by atoms with Gasteiger partial charge in [0.25, 0.3) is 0 Å². The fourth-order valence-corrected chi connectivity index (χ4v) is 2.54. The van der Waals surface area contributed by atoms with Crippen LogP contribution in [0.25, 0.3) is 0 Å². The Balaban J connectivity index is 1.95. The van der Waals surface area contributed by atoms with Crippen molar-refractivity contribution in [1.82, 2.24) is 15.0 Å². The highest BCUT2D eigenvalue weighted by Crippen LogP contribution is 2.28. The summed E-state index contributed by atoms with van der Waals surface area (Å²) in [6.07, 6.45) is 6.90. The summed E-state index contributed by atoms with van der Waals surface area (Å²) in [5.74, 6) is 0.801. The van der Waals surface area contributed by atoms with E-state index >= 15 is 0 Å². The molecule has 0 spiro atoms. The van der Waals surface area contributed by atoms with Gasteiger partial charge >= 0.3 is 0 Å². The van der Waals surface area contributed by atoms with Crippen molar-refractivity contribution in [3.8, 4) is 0 Å². The van der Waals surface area contributed by atoms with Crippen molar-refractivity contribution < 1.29 is 0 Å². The molecule has 0 amide bonds. The Morgan fingerprint density at radius 1 is 1.29 bits per heavy atom. The van der Waals surface area contributed by atoms with Crippen molar-refractivity contribution >= 4 is 28.2 Å². The molecule has 2 aromatic heterocycles. The van der Waals surface area contributed by atoms with Crippen LogP contribution in [-0.4, -0.2) is 15.0 Å². The van der Waals surface area contributed by atoms with E-state index in [0.717, 1.165) is 15.7 Å². The molecule has 0 saturated heterocycles. The zero-order chi connectivity index (χ0) is 9.80. The van der Waals surface area contributed by atoms with Crippen LogP contribution in [0.1, 0.15) is 5.69 Å². The van der Waals surface area contributed by atoms with Gasteiger partial charge in [0.15, 0.2) is 5.13 Å². The van der Waals surface area contributed by atoms with Crippen molar-refractivity contribution in [2.45, 2.75) is 9.96 Å². The van der Waals surface area contributed by atoms with E-state index in [1.165, 1.54) is 11.3 Å². The molecular formula is C8H8N4S2. The Morgan fingerprint density at radius 2 is 2.21 bits per heavy atom. The van der Waals surface area contributed by atoms with Gasteiger partial charge in [-0.1, -0.05) is 11.3 Å². The molecule has 0 unspecified atom stereocenters. The largest absolute Gasteiger partial charge is 0.375 e. The second-order valence-corrected chi connectivity index (χ2v) is 4.84. The van der Waals surface area contributed by atoms with E-state index in [1.807, 2.05) is 0 Å². The molecule has 0 saturated carbocycles. The first kappa shape index (κ1) is 9.42. The maximum atomic E-state index is 5.51. The lowest BCUT2D eigenvalue weighted by atomic mass is 10.5. The molecular weight excluding hydrogens is 216 g/mol. The molecule has 0 bridgehead atoms. The van der Waals surface area contributed by atoms with E-state index in [1.54, 1.807) is 36.5 Å². The minimum absolute atomic E-state index is 0.603. The second-order valence-electron chi connectivity index (χ2n) is 2.50. The number of hydrogen-bond acceptors (Lipinski definition) is 6. The normalized spacial score (nSPS) is 10.3.